The summed E-state index contributed by atoms with van der Waals surface area (Å²) in [5, 5.41) is 14.6. The number of nitrogens with one attached hydrogen (secondary N) is 1. The van der Waals surface area contributed by atoms with Crippen LogP contribution in [0, 0.1) is 0 Å². The number of carbonyl (C=O) groups is 2. The van der Waals surface area contributed by atoms with Crippen molar-refractivity contribution in [3.8, 4) is 11.1 Å². The normalized spacial score (nSPS) is 17.9. The number of aliphatic hydroxyl groups excluding tert-OH is 1. The molecule has 0 radical (unpaired) electrons. The van der Waals surface area contributed by atoms with Gasteiger partial charge in [0.25, 0.3) is 0 Å². The first-order valence-electron chi connectivity index (χ1n) is 12.6. The molecule has 0 saturated heterocycles. The Labute approximate surface area is 223 Å². The maximum absolute atomic E-state index is 12.5. The van der Waals surface area contributed by atoms with Gasteiger partial charge in [0.05, 0.1) is 18.4 Å². The SMILES string of the molecule is COC(=O)c1ccc(-c2ccccc2)cc1NC(O)C1=C(OCc2ccccc2)CCC(C)(OC(C)=O)C1. The molecule has 2 atom stereocenters. The van der Waals surface area contributed by atoms with E-state index in [9.17, 15) is 14.7 Å². The van der Waals surface area contributed by atoms with Crippen molar-refractivity contribution in [2.75, 3.05) is 12.4 Å². The zero-order valence-corrected chi connectivity index (χ0v) is 21.9. The number of ether oxygens (including phenoxy) is 3. The molecule has 2 N–H and O–H groups in total. The fourth-order valence-electron chi connectivity index (χ4n) is 4.72. The molecule has 2 unspecified atom stereocenters. The molecule has 7 heteroatoms. The second-order valence-electron chi connectivity index (χ2n) is 9.61. The van der Waals surface area contributed by atoms with E-state index in [0.717, 1.165) is 16.7 Å². The van der Waals surface area contributed by atoms with Crippen LogP contribution in [-0.4, -0.2) is 36.0 Å². The Morgan fingerprint density at radius 3 is 2.34 bits per heavy atom. The quantitative estimate of drug-likeness (QED) is 0.273. The molecule has 1 aliphatic rings. The minimum Gasteiger partial charge on any atom is -0.493 e. The van der Waals surface area contributed by atoms with Crippen LogP contribution in [0.3, 0.4) is 0 Å². The summed E-state index contributed by atoms with van der Waals surface area (Å²) in [4.78, 5) is 24.4. The first-order chi connectivity index (χ1) is 18.3. The number of anilines is 1. The molecule has 0 spiro atoms. The largest absolute Gasteiger partial charge is 0.493 e. The zero-order valence-electron chi connectivity index (χ0n) is 21.9. The Morgan fingerprint density at radius 2 is 1.68 bits per heavy atom. The van der Waals surface area contributed by atoms with E-state index in [1.807, 2.05) is 79.7 Å². The Hall–Kier alpha value is -4.10. The van der Waals surface area contributed by atoms with E-state index in [1.165, 1.54) is 14.0 Å². The van der Waals surface area contributed by atoms with Crippen molar-refractivity contribution in [3.63, 3.8) is 0 Å². The summed E-state index contributed by atoms with van der Waals surface area (Å²) in [6, 6.07) is 24.8. The first kappa shape index (κ1) is 26.9. The number of aliphatic hydroxyl groups is 1. The highest BCUT2D eigenvalue weighted by molar-refractivity contribution is 5.96. The van der Waals surface area contributed by atoms with E-state index in [1.54, 1.807) is 6.07 Å². The van der Waals surface area contributed by atoms with Crippen molar-refractivity contribution < 1.29 is 28.9 Å². The van der Waals surface area contributed by atoms with Crippen LogP contribution in [0.25, 0.3) is 11.1 Å². The predicted octanol–water partition coefficient (Wildman–Crippen LogP) is 5.85. The smallest absolute Gasteiger partial charge is 0.339 e. The number of methoxy groups -OCH3 is 1. The van der Waals surface area contributed by atoms with Crippen LogP contribution in [0.15, 0.2) is 90.2 Å². The van der Waals surface area contributed by atoms with Gasteiger partial charge in [-0.25, -0.2) is 4.79 Å². The number of hydrogen-bond donors (Lipinski definition) is 2. The Balaban J connectivity index is 1.67. The van der Waals surface area contributed by atoms with Crippen molar-refractivity contribution in [1.29, 1.82) is 0 Å². The summed E-state index contributed by atoms with van der Waals surface area (Å²) < 4.78 is 16.8. The van der Waals surface area contributed by atoms with Crippen LogP contribution < -0.4 is 5.32 Å². The minimum absolute atomic E-state index is 0.275. The highest BCUT2D eigenvalue weighted by Gasteiger charge is 2.37. The topological polar surface area (TPSA) is 94.1 Å². The van der Waals surface area contributed by atoms with E-state index in [-0.39, 0.29) is 18.0 Å². The number of carbonyl (C=O) groups excluding carboxylic acids is 2. The van der Waals surface area contributed by atoms with Gasteiger partial charge in [-0.2, -0.15) is 0 Å². The van der Waals surface area contributed by atoms with Gasteiger partial charge in [0.2, 0.25) is 0 Å². The number of allylic oxidation sites excluding steroid dienone is 1. The highest BCUT2D eigenvalue weighted by Crippen LogP contribution is 2.38. The second-order valence-corrected chi connectivity index (χ2v) is 9.61. The maximum Gasteiger partial charge on any atom is 0.339 e. The van der Waals surface area contributed by atoms with Crippen LogP contribution in [0.4, 0.5) is 5.69 Å². The second kappa shape index (κ2) is 12.0. The highest BCUT2D eigenvalue weighted by atomic mass is 16.6. The van der Waals surface area contributed by atoms with Crippen molar-refractivity contribution in [2.24, 2.45) is 0 Å². The van der Waals surface area contributed by atoms with Crippen LogP contribution >= 0.6 is 0 Å². The molecule has 7 nitrogen and oxygen atoms in total. The Kier molecular flexibility index (Phi) is 8.48. The molecule has 1 aliphatic carbocycles. The lowest BCUT2D eigenvalue weighted by Gasteiger charge is -2.37. The van der Waals surface area contributed by atoms with Gasteiger partial charge in [-0.05, 0) is 42.2 Å². The van der Waals surface area contributed by atoms with Gasteiger partial charge in [-0.15, -0.1) is 0 Å². The monoisotopic (exact) mass is 515 g/mol. The van der Waals surface area contributed by atoms with Crippen molar-refractivity contribution >= 4 is 17.6 Å². The molecule has 38 heavy (non-hydrogen) atoms. The van der Waals surface area contributed by atoms with Gasteiger partial charge >= 0.3 is 11.9 Å². The van der Waals surface area contributed by atoms with E-state index in [4.69, 9.17) is 14.2 Å². The van der Waals surface area contributed by atoms with Crippen molar-refractivity contribution in [1.82, 2.24) is 0 Å². The summed E-state index contributed by atoms with van der Waals surface area (Å²) in [5.74, 6) is -0.272. The summed E-state index contributed by atoms with van der Waals surface area (Å²) in [7, 11) is 1.32. The average molecular weight is 516 g/mol. The fourth-order valence-corrected chi connectivity index (χ4v) is 4.72. The van der Waals surface area contributed by atoms with Gasteiger partial charge in [-0.1, -0.05) is 66.7 Å². The van der Waals surface area contributed by atoms with Gasteiger partial charge in [0.15, 0.2) is 0 Å². The maximum atomic E-state index is 12.5. The van der Waals surface area contributed by atoms with E-state index in [0.29, 0.717) is 36.5 Å². The molecule has 3 aromatic carbocycles. The zero-order chi connectivity index (χ0) is 27.1. The Bertz CT molecular complexity index is 1300. The lowest BCUT2D eigenvalue weighted by atomic mass is 9.83. The minimum atomic E-state index is -1.20. The first-order valence-corrected chi connectivity index (χ1v) is 12.6. The third kappa shape index (κ3) is 6.61. The van der Waals surface area contributed by atoms with Gasteiger partial charge in [0, 0.05) is 25.3 Å². The average Bonchev–Trinajstić information content (AvgIpc) is 2.92. The van der Waals surface area contributed by atoms with E-state index in [2.05, 4.69) is 5.32 Å². The third-order valence-corrected chi connectivity index (χ3v) is 6.60. The standard InChI is InChI=1S/C31H33NO6/c1-21(33)38-31(2)17-16-28(37-20-22-10-6-4-7-11-22)26(19-31)29(34)32-27-18-24(23-12-8-5-9-13-23)14-15-25(27)30(35)36-3/h4-15,18,29,32,34H,16-17,19-20H2,1-3H3. The number of rotatable bonds is 9. The lowest BCUT2D eigenvalue weighted by Crippen LogP contribution is -2.38. The van der Waals surface area contributed by atoms with Crippen LogP contribution in [0.5, 0.6) is 0 Å². The molecule has 3 aromatic rings. The molecule has 0 fully saturated rings. The van der Waals surface area contributed by atoms with Crippen LogP contribution in [0.1, 0.15) is 49.0 Å². The molecule has 0 aromatic heterocycles. The molecule has 0 bridgehead atoms. The molecular weight excluding hydrogens is 482 g/mol. The summed E-state index contributed by atoms with van der Waals surface area (Å²) in [6.07, 6.45) is 0.115. The van der Waals surface area contributed by atoms with Crippen LogP contribution in [0.2, 0.25) is 0 Å². The molecule has 0 saturated carbocycles. The molecular formula is C31H33NO6. The molecule has 0 aliphatic heterocycles. The van der Waals surface area contributed by atoms with Crippen molar-refractivity contribution in [2.45, 2.75) is 51.5 Å². The van der Waals surface area contributed by atoms with Gasteiger partial charge in [0.1, 0.15) is 24.2 Å². The third-order valence-electron chi connectivity index (χ3n) is 6.60. The van der Waals surface area contributed by atoms with Crippen molar-refractivity contribution in [3.05, 3.63) is 101 Å². The van der Waals surface area contributed by atoms with Gasteiger partial charge in [-0.3, -0.25) is 4.79 Å². The van der Waals surface area contributed by atoms with E-state index >= 15 is 0 Å². The summed E-state index contributed by atoms with van der Waals surface area (Å²) >= 11 is 0. The number of esters is 2. The molecule has 0 amide bonds. The molecule has 0 heterocycles. The summed E-state index contributed by atoms with van der Waals surface area (Å²) in [5.41, 5.74) is 3.32. The molecule has 4 rings (SSSR count). The fraction of sp³-hybridized carbons (Fsp3) is 0.290. The van der Waals surface area contributed by atoms with Gasteiger partial charge < -0.3 is 24.6 Å². The lowest BCUT2D eigenvalue weighted by molar-refractivity contribution is -0.157. The molecule has 198 valence electrons. The summed E-state index contributed by atoms with van der Waals surface area (Å²) in [6.45, 7) is 3.57. The van der Waals surface area contributed by atoms with E-state index < -0.39 is 17.8 Å². The predicted molar refractivity (Wildman–Crippen MR) is 145 cm³/mol. The number of hydrogen-bond acceptors (Lipinski definition) is 7. The number of benzene rings is 3. The Morgan fingerprint density at radius 1 is 1.00 bits per heavy atom. The van der Waals surface area contributed by atoms with Crippen LogP contribution in [-0.2, 0) is 25.6 Å².